The molecule has 4 heterocycles. The van der Waals surface area contributed by atoms with E-state index in [0.29, 0.717) is 21.5 Å². The van der Waals surface area contributed by atoms with Gasteiger partial charge in [0.05, 0.1) is 42.2 Å². The predicted octanol–water partition coefficient (Wildman–Crippen LogP) is 3.01. The number of fused-ring (bicyclic) bond motifs is 1. The topological polar surface area (TPSA) is 102 Å². The molecule has 0 radical (unpaired) electrons. The van der Waals surface area contributed by atoms with Gasteiger partial charge in [-0.1, -0.05) is 0 Å². The summed E-state index contributed by atoms with van der Waals surface area (Å²) >= 11 is 3.03. The summed E-state index contributed by atoms with van der Waals surface area (Å²) < 4.78 is 6.54. The minimum atomic E-state index is -0.536. The van der Waals surface area contributed by atoms with Crippen molar-refractivity contribution >= 4 is 44.9 Å². The third-order valence-electron chi connectivity index (χ3n) is 4.76. The van der Waals surface area contributed by atoms with Crippen LogP contribution in [0.5, 0.6) is 0 Å². The third kappa shape index (κ3) is 3.63. The number of aryl methyl sites for hydroxylation is 1. The van der Waals surface area contributed by atoms with Gasteiger partial charge in [0.2, 0.25) is 0 Å². The zero-order chi connectivity index (χ0) is 21.4. The predicted molar refractivity (Wildman–Crippen MR) is 117 cm³/mol. The maximum absolute atomic E-state index is 13.3. The first-order valence-corrected chi connectivity index (χ1v) is 11.1. The number of aromatic nitrogens is 2. The zero-order valence-corrected chi connectivity index (χ0v) is 18.3. The number of allylic oxidation sites excluding steroid dienone is 1. The molecule has 0 aliphatic carbocycles. The SMILES string of the molecule is CCOC(=O)C1=C(Cn2cnc3scc(-c4ccc(C)s4)c3c2=O)NC(=O)NC1C. The number of hydrogen-bond acceptors (Lipinski definition) is 7. The molecule has 0 saturated carbocycles. The standard InChI is InChI=1S/C20H20N4O4S2/c1-4-28-19(26)15-11(3)22-20(27)23-13(15)7-24-9-21-17-16(18(24)25)12(8-29-17)14-6-5-10(2)30-14/h5-6,8-9,11H,4,7H2,1-3H3,(H2,22,23,27). The molecule has 3 aromatic rings. The Bertz CT molecular complexity index is 1240. The summed E-state index contributed by atoms with van der Waals surface area (Å²) in [6, 6.07) is 3.04. The van der Waals surface area contributed by atoms with Crippen molar-refractivity contribution in [2.24, 2.45) is 0 Å². The van der Waals surface area contributed by atoms with Gasteiger partial charge in [0, 0.05) is 20.7 Å². The van der Waals surface area contributed by atoms with Gasteiger partial charge in [-0.25, -0.2) is 14.6 Å². The Kier molecular flexibility index (Phi) is 5.44. The molecule has 0 fully saturated rings. The molecule has 1 aliphatic rings. The molecule has 1 aliphatic heterocycles. The van der Waals surface area contributed by atoms with Gasteiger partial charge in [-0.15, -0.1) is 22.7 Å². The van der Waals surface area contributed by atoms with Crippen LogP contribution in [-0.2, 0) is 16.1 Å². The summed E-state index contributed by atoms with van der Waals surface area (Å²) in [6.07, 6.45) is 1.44. The summed E-state index contributed by atoms with van der Waals surface area (Å²) in [5, 5.41) is 7.77. The lowest BCUT2D eigenvalue weighted by molar-refractivity contribution is -0.139. The number of carbonyl (C=O) groups is 2. The van der Waals surface area contributed by atoms with Crippen LogP contribution in [0.4, 0.5) is 4.79 Å². The number of hydrogen-bond donors (Lipinski definition) is 2. The van der Waals surface area contributed by atoms with Gasteiger partial charge in [0.15, 0.2) is 0 Å². The van der Waals surface area contributed by atoms with Crippen molar-refractivity contribution < 1.29 is 14.3 Å². The van der Waals surface area contributed by atoms with E-state index in [-0.39, 0.29) is 18.7 Å². The average Bonchev–Trinajstić information content (AvgIpc) is 3.30. The number of rotatable bonds is 5. The van der Waals surface area contributed by atoms with E-state index in [9.17, 15) is 14.4 Å². The van der Waals surface area contributed by atoms with Crippen LogP contribution in [0.1, 0.15) is 18.7 Å². The summed E-state index contributed by atoms with van der Waals surface area (Å²) in [5.74, 6) is -0.528. The molecule has 10 heteroatoms. The van der Waals surface area contributed by atoms with Crippen molar-refractivity contribution in [2.75, 3.05) is 6.61 Å². The minimum absolute atomic E-state index is 0.00638. The molecule has 2 N–H and O–H groups in total. The fourth-order valence-corrected chi connectivity index (χ4v) is 5.28. The maximum atomic E-state index is 13.3. The van der Waals surface area contributed by atoms with Crippen molar-refractivity contribution in [2.45, 2.75) is 33.4 Å². The number of thiophene rings is 2. The lowest BCUT2D eigenvalue weighted by Gasteiger charge is -2.26. The van der Waals surface area contributed by atoms with E-state index < -0.39 is 18.0 Å². The summed E-state index contributed by atoms with van der Waals surface area (Å²) in [5.41, 5.74) is 1.25. The Balaban J connectivity index is 1.80. The van der Waals surface area contributed by atoms with Crippen LogP contribution in [-0.4, -0.2) is 34.2 Å². The number of carbonyl (C=O) groups excluding carboxylic acids is 2. The van der Waals surface area contributed by atoms with Gasteiger partial charge in [-0.05, 0) is 32.9 Å². The van der Waals surface area contributed by atoms with E-state index in [2.05, 4.69) is 15.6 Å². The fourth-order valence-electron chi connectivity index (χ4n) is 3.42. The van der Waals surface area contributed by atoms with Gasteiger partial charge in [0.1, 0.15) is 4.83 Å². The maximum Gasteiger partial charge on any atom is 0.337 e. The second kappa shape index (κ2) is 8.04. The first kappa shape index (κ1) is 20.3. The highest BCUT2D eigenvalue weighted by molar-refractivity contribution is 7.19. The molecule has 30 heavy (non-hydrogen) atoms. The molecule has 0 bridgehead atoms. The Morgan fingerprint density at radius 2 is 2.13 bits per heavy atom. The van der Waals surface area contributed by atoms with Crippen molar-refractivity contribution in [3.05, 3.63) is 50.3 Å². The lowest BCUT2D eigenvalue weighted by atomic mass is 10.0. The molecule has 3 aromatic heterocycles. The molecule has 2 amide bonds. The molecule has 1 unspecified atom stereocenters. The third-order valence-corrected chi connectivity index (χ3v) is 6.68. The number of ether oxygens (including phenoxy) is 1. The molecule has 0 spiro atoms. The van der Waals surface area contributed by atoms with E-state index in [1.165, 1.54) is 22.2 Å². The first-order valence-electron chi connectivity index (χ1n) is 9.40. The van der Waals surface area contributed by atoms with Crippen LogP contribution in [0.25, 0.3) is 20.7 Å². The zero-order valence-electron chi connectivity index (χ0n) is 16.6. The van der Waals surface area contributed by atoms with Crippen LogP contribution < -0.4 is 16.2 Å². The Morgan fingerprint density at radius 3 is 2.83 bits per heavy atom. The van der Waals surface area contributed by atoms with Crippen LogP contribution in [0.2, 0.25) is 0 Å². The van der Waals surface area contributed by atoms with Crippen LogP contribution in [0, 0.1) is 6.92 Å². The van der Waals surface area contributed by atoms with E-state index in [1.54, 1.807) is 25.2 Å². The van der Waals surface area contributed by atoms with E-state index >= 15 is 0 Å². The smallest absolute Gasteiger partial charge is 0.337 e. The minimum Gasteiger partial charge on any atom is -0.463 e. The van der Waals surface area contributed by atoms with E-state index in [4.69, 9.17) is 4.74 Å². The van der Waals surface area contributed by atoms with Gasteiger partial charge in [-0.2, -0.15) is 0 Å². The second-order valence-corrected chi connectivity index (χ2v) is 9.00. The Hall–Kier alpha value is -2.98. The average molecular weight is 445 g/mol. The first-order chi connectivity index (χ1) is 14.4. The second-order valence-electron chi connectivity index (χ2n) is 6.85. The van der Waals surface area contributed by atoms with Crippen molar-refractivity contribution in [3.8, 4) is 10.4 Å². The van der Waals surface area contributed by atoms with Crippen molar-refractivity contribution in [1.29, 1.82) is 0 Å². The van der Waals surface area contributed by atoms with Gasteiger partial charge < -0.3 is 15.4 Å². The summed E-state index contributed by atoms with van der Waals surface area (Å²) in [6.45, 7) is 5.65. The molecule has 156 valence electrons. The molecule has 0 saturated heterocycles. The molecule has 8 nitrogen and oxygen atoms in total. The number of nitrogens with one attached hydrogen (secondary N) is 2. The Labute approximate surface area is 180 Å². The lowest BCUT2D eigenvalue weighted by Crippen LogP contribution is -2.50. The highest BCUT2D eigenvalue weighted by Crippen LogP contribution is 2.35. The summed E-state index contributed by atoms with van der Waals surface area (Å²) in [7, 11) is 0. The fraction of sp³-hybridized carbons (Fsp3) is 0.300. The molecule has 0 aromatic carbocycles. The van der Waals surface area contributed by atoms with Crippen LogP contribution in [0.3, 0.4) is 0 Å². The number of nitrogens with zero attached hydrogens (tertiary/aromatic N) is 2. The Morgan fingerprint density at radius 1 is 1.33 bits per heavy atom. The highest BCUT2D eigenvalue weighted by atomic mass is 32.1. The van der Waals surface area contributed by atoms with E-state index in [0.717, 1.165) is 15.3 Å². The largest absolute Gasteiger partial charge is 0.463 e. The van der Waals surface area contributed by atoms with Crippen molar-refractivity contribution in [1.82, 2.24) is 20.2 Å². The van der Waals surface area contributed by atoms with Gasteiger partial charge in [0.25, 0.3) is 5.56 Å². The quantitative estimate of drug-likeness (QED) is 0.589. The molecule has 4 rings (SSSR count). The van der Waals surface area contributed by atoms with E-state index in [1.807, 2.05) is 24.4 Å². The number of urea groups is 1. The number of esters is 1. The van der Waals surface area contributed by atoms with Crippen LogP contribution in [0.15, 0.2) is 39.9 Å². The monoisotopic (exact) mass is 444 g/mol. The molecular weight excluding hydrogens is 424 g/mol. The summed E-state index contributed by atoms with van der Waals surface area (Å²) in [4.78, 5) is 45.0. The molecular formula is C20H20N4O4S2. The van der Waals surface area contributed by atoms with Crippen LogP contribution >= 0.6 is 22.7 Å². The number of amides is 2. The molecule has 1 atom stereocenters. The van der Waals surface area contributed by atoms with Gasteiger partial charge >= 0.3 is 12.0 Å². The van der Waals surface area contributed by atoms with Crippen molar-refractivity contribution in [3.63, 3.8) is 0 Å². The van der Waals surface area contributed by atoms with Gasteiger partial charge in [-0.3, -0.25) is 9.36 Å². The normalized spacial score (nSPS) is 16.5. The highest BCUT2D eigenvalue weighted by Gasteiger charge is 2.30.